The van der Waals surface area contributed by atoms with Gasteiger partial charge in [0.25, 0.3) is 0 Å². The number of hydrogen-bond acceptors (Lipinski definition) is 4. The number of imidazole rings is 1. The van der Waals surface area contributed by atoms with Crippen molar-refractivity contribution in [2.45, 2.75) is 6.92 Å². The molecule has 0 radical (unpaired) electrons. The van der Waals surface area contributed by atoms with Crippen molar-refractivity contribution in [1.29, 1.82) is 0 Å². The molecule has 0 unspecified atom stereocenters. The summed E-state index contributed by atoms with van der Waals surface area (Å²) in [5.74, 6) is 1.16. The molecule has 3 aromatic heterocycles. The maximum atomic E-state index is 5.81. The van der Waals surface area contributed by atoms with E-state index in [2.05, 4.69) is 19.9 Å². The SMILES string of the molecule is Cc1cnc2nc(-c3cccnc3N)[nH]c2c1. The van der Waals surface area contributed by atoms with Crippen molar-refractivity contribution in [3.8, 4) is 11.4 Å². The van der Waals surface area contributed by atoms with E-state index in [-0.39, 0.29) is 0 Å². The molecule has 3 aromatic rings. The Morgan fingerprint density at radius 2 is 2.18 bits per heavy atom. The Bertz CT molecular complexity index is 686. The molecule has 0 spiro atoms. The number of aryl methyl sites for hydroxylation is 1. The number of fused-ring (bicyclic) bond motifs is 1. The summed E-state index contributed by atoms with van der Waals surface area (Å²) in [6.07, 6.45) is 3.45. The zero-order chi connectivity index (χ0) is 11.8. The molecule has 0 aliphatic carbocycles. The van der Waals surface area contributed by atoms with Crippen LogP contribution in [0.15, 0.2) is 30.6 Å². The maximum Gasteiger partial charge on any atom is 0.178 e. The quantitative estimate of drug-likeness (QED) is 0.663. The highest BCUT2D eigenvalue weighted by Gasteiger charge is 2.09. The predicted octanol–water partition coefficient (Wildman–Crippen LogP) is 1.91. The van der Waals surface area contributed by atoms with Crippen LogP contribution in [0.4, 0.5) is 5.82 Å². The van der Waals surface area contributed by atoms with Gasteiger partial charge in [-0.05, 0) is 30.7 Å². The van der Waals surface area contributed by atoms with E-state index < -0.39 is 0 Å². The third kappa shape index (κ3) is 1.61. The first-order valence-corrected chi connectivity index (χ1v) is 5.27. The lowest BCUT2D eigenvalue weighted by molar-refractivity contribution is 1.26. The van der Waals surface area contributed by atoms with Crippen molar-refractivity contribution < 1.29 is 0 Å². The molecule has 0 aliphatic rings. The van der Waals surface area contributed by atoms with Gasteiger partial charge in [-0.25, -0.2) is 15.0 Å². The molecule has 0 atom stereocenters. The van der Waals surface area contributed by atoms with E-state index >= 15 is 0 Å². The van der Waals surface area contributed by atoms with Crippen LogP contribution < -0.4 is 5.73 Å². The van der Waals surface area contributed by atoms with E-state index in [1.54, 1.807) is 12.4 Å². The van der Waals surface area contributed by atoms with Crippen molar-refractivity contribution in [3.05, 3.63) is 36.2 Å². The van der Waals surface area contributed by atoms with Gasteiger partial charge in [0.1, 0.15) is 11.6 Å². The first kappa shape index (κ1) is 9.77. The van der Waals surface area contributed by atoms with Crippen LogP contribution in [0.3, 0.4) is 0 Å². The molecular weight excluding hydrogens is 214 g/mol. The second-order valence-electron chi connectivity index (χ2n) is 3.91. The Kier molecular flexibility index (Phi) is 2.04. The standard InChI is InChI=1S/C12H11N5/c1-7-5-9-12(15-6-7)17-11(16-9)8-3-2-4-14-10(8)13/h2-6H,1H3,(H2,13,14)(H,15,16,17). The first-order chi connectivity index (χ1) is 8.24. The molecule has 0 bridgehead atoms. The molecule has 84 valence electrons. The Morgan fingerprint density at radius 1 is 1.29 bits per heavy atom. The molecule has 3 heterocycles. The number of nitrogens with two attached hydrogens (primary N) is 1. The number of nitrogen functional groups attached to an aromatic ring is 1. The number of H-pyrrole nitrogens is 1. The van der Waals surface area contributed by atoms with Crippen molar-refractivity contribution in [1.82, 2.24) is 19.9 Å². The maximum absolute atomic E-state index is 5.81. The predicted molar refractivity (Wildman–Crippen MR) is 66.3 cm³/mol. The number of nitrogens with one attached hydrogen (secondary N) is 1. The van der Waals surface area contributed by atoms with Crippen molar-refractivity contribution in [2.24, 2.45) is 0 Å². The second kappa shape index (κ2) is 3.55. The van der Waals surface area contributed by atoms with Crippen LogP contribution in [-0.2, 0) is 0 Å². The Balaban J connectivity index is 2.22. The summed E-state index contributed by atoms with van der Waals surface area (Å²) in [5.41, 5.74) is 9.29. The first-order valence-electron chi connectivity index (χ1n) is 5.27. The Hall–Kier alpha value is -2.43. The lowest BCUT2D eigenvalue weighted by atomic mass is 10.2. The fraction of sp³-hybridized carbons (Fsp3) is 0.0833. The minimum Gasteiger partial charge on any atom is -0.383 e. The molecule has 5 nitrogen and oxygen atoms in total. The van der Waals surface area contributed by atoms with Crippen LogP contribution in [-0.4, -0.2) is 19.9 Å². The third-order valence-corrected chi connectivity index (χ3v) is 2.57. The number of anilines is 1. The van der Waals surface area contributed by atoms with Gasteiger partial charge in [-0.15, -0.1) is 0 Å². The fourth-order valence-electron chi connectivity index (χ4n) is 1.75. The summed E-state index contributed by atoms with van der Waals surface area (Å²) < 4.78 is 0. The van der Waals surface area contributed by atoms with Crippen LogP contribution in [0.2, 0.25) is 0 Å². The number of rotatable bonds is 1. The summed E-state index contributed by atoms with van der Waals surface area (Å²) in [5, 5.41) is 0. The lowest BCUT2D eigenvalue weighted by Crippen LogP contribution is -1.93. The largest absolute Gasteiger partial charge is 0.383 e. The molecule has 3 N–H and O–H groups in total. The summed E-state index contributed by atoms with van der Waals surface area (Å²) in [6.45, 7) is 1.99. The summed E-state index contributed by atoms with van der Waals surface area (Å²) in [6, 6.07) is 5.72. The molecule has 0 saturated heterocycles. The van der Waals surface area contributed by atoms with Gasteiger partial charge in [0.15, 0.2) is 5.65 Å². The zero-order valence-corrected chi connectivity index (χ0v) is 9.31. The van der Waals surface area contributed by atoms with Crippen molar-refractivity contribution in [3.63, 3.8) is 0 Å². The van der Waals surface area contributed by atoms with Gasteiger partial charge in [-0.2, -0.15) is 0 Å². The van der Waals surface area contributed by atoms with Gasteiger partial charge >= 0.3 is 0 Å². The molecule has 0 amide bonds. The van der Waals surface area contributed by atoms with Gasteiger partial charge in [0.2, 0.25) is 0 Å². The highest BCUT2D eigenvalue weighted by Crippen LogP contribution is 2.23. The lowest BCUT2D eigenvalue weighted by Gasteiger charge is -1.98. The molecule has 0 saturated carbocycles. The van der Waals surface area contributed by atoms with E-state index in [4.69, 9.17) is 5.73 Å². The average Bonchev–Trinajstić information content (AvgIpc) is 2.72. The molecular formula is C12H11N5. The van der Waals surface area contributed by atoms with E-state index in [1.165, 1.54) is 0 Å². The highest BCUT2D eigenvalue weighted by atomic mass is 15.0. The van der Waals surface area contributed by atoms with Gasteiger partial charge < -0.3 is 10.7 Å². The Labute approximate surface area is 97.7 Å². The molecule has 0 aromatic carbocycles. The number of aromatic nitrogens is 4. The van der Waals surface area contributed by atoms with Crippen LogP contribution in [0.5, 0.6) is 0 Å². The molecule has 0 fully saturated rings. The van der Waals surface area contributed by atoms with Gasteiger partial charge in [-0.1, -0.05) is 0 Å². The van der Waals surface area contributed by atoms with E-state index in [0.717, 1.165) is 16.6 Å². The normalized spacial score (nSPS) is 10.9. The summed E-state index contributed by atoms with van der Waals surface area (Å²) in [4.78, 5) is 15.9. The fourth-order valence-corrected chi connectivity index (χ4v) is 1.75. The molecule has 3 rings (SSSR count). The number of hydrogen-bond donors (Lipinski definition) is 2. The number of pyridine rings is 2. The van der Waals surface area contributed by atoms with Gasteiger partial charge in [0.05, 0.1) is 11.1 Å². The molecule has 17 heavy (non-hydrogen) atoms. The monoisotopic (exact) mass is 225 g/mol. The summed E-state index contributed by atoms with van der Waals surface area (Å²) >= 11 is 0. The second-order valence-corrected chi connectivity index (χ2v) is 3.91. The van der Waals surface area contributed by atoms with Crippen LogP contribution in [0.25, 0.3) is 22.6 Å². The smallest absolute Gasteiger partial charge is 0.178 e. The van der Waals surface area contributed by atoms with Crippen LogP contribution in [0.1, 0.15) is 5.56 Å². The minimum atomic E-state index is 0.461. The van der Waals surface area contributed by atoms with Gasteiger partial charge in [-0.3, -0.25) is 0 Å². The topological polar surface area (TPSA) is 80.5 Å². The average molecular weight is 225 g/mol. The zero-order valence-electron chi connectivity index (χ0n) is 9.31. The third-order valence-electron chi connectivity index (χ3n) is 2.57. The van der Waals surface area contributed by atoms with Crippen molar-refractivity contribution in [2.75, 3.05) is 5.73 Å². The van der Waals surface area contributed by atoms with E-state index in [0.29, 0.717) is 17.3 Å². The minimum absolute atomic E-state index is 0.461. The van der Waals surface area contributed by atoms with Crippen LogP contribution >= 0.6 is 0 Å². The van der Waals surface area contributed by atoms with E-state index in [9.17, 15) is 0 Å². The number of aromatic amines is 1. The Morgan fingerprint density at radius 3 is 3.00 bits per heavy atom. The molecule has 5 heteroatoms. The van der Waals surface area contributed by atoms with Crippen molar-refractivity contribution >= 4 is 17.0 Å². The van der Waals surface area contributed by atoms with E-state index in [1.807, 2.05) is 25.1 Å². The highest BCUT2D eigenvalue weighted by molar-refractivity contribution is 5.79. The van der Waals surface area contributed by atoms with Gasteiger partial charge in [0, 0.05) is 12.4 Å². The van der Waals surface area contributed by atoms with Crippen LogP contribution in [0, 0.1) is 6.92 Å². The molecule has 0 aliphatic heterocycles. The summed E-state index contributed by atoms with van der Waals surface area (Å²) in [7, 11) is 0. The number of nitrogens with zero attached hydrogens (tertiary/aromatic N) is 3.